The summed E-state index contributed by atoms with van der Waals surface area (Å²) in [7, 11) is 5.40. The highest BCUT2D eigenvalue weighted by atomic mass is 16.2. The van der Waals surface area contributed by atoms with Gasteiger partial charge in [-0.3, -0.25) is 4.79 Å². The van der Waals surface area contributed by atoms with Crippen molar-refractivity contribution >= 4 is 5.91 Å². The van der Waals surface area contributed by atoms with Crippen molar-refractivity contribution in [2.24, 2.45) is 18.7 Å². The van der Waals surface area contributed by atoms with E-state index in [9.17, 15) is 4.79 Å². The molecule has 0 saturated heterocycles. The molecule has 0 bridgehead atoms. The number of hydrogen-bond donors (Lipinski definition) is 1. The van der Waals surface area contributed by atoms with Crippen LogP contribution in [0, 0.1) is 5.92 Å². The van der Waals surface area contributed by atoms with Crippen LogP contribution < -0.4 is 5.73 Å². The quantitative estimate of drug-likeness (QED) is 0.737. The summed E-state index contributed by atoms with van der Waals surface area (Å²) >= 11 is 0. The van der Waals surface area contributed by atoms with Gasteiger partial charge in [0.05, 0.1) is 12.2 Å². The van der Waals surface area contributed by atoms with Gasteiger partial charge in [-0.2, -0.15) is 0 Å². The fraction of sp³-hybridized carbons (Fsp3) is 0.600. The summed E-state index contributed by atoms with van der Waals surface area (Å²) in [5.74, 6) is -0.0888. The molecule has 1 atom stereocenters. The third kappa shape index (κ3) is 2.79. The average molecular weight is 210 g/mol. The molecule has 0 saturated carbocycles. The predicted molar refractivity (Wildman–Crippen MR) is 58.2 cm³/mol. The fourth-order valence-corrected chi connectivity index (χ4v) is 1.47. The van der Waals surface area contributed by atoms with Gasteiger partial charge in [-0.05, 0) is 0 Å². The van der Waals surface area contributed by atoms with Gasteiger partial charge in [-0.1, -0.05) is 0 Å². The van der Waals surface area contributed by atoms with Crippen LogP contribution >= 0.6 is 0 Å². The van der Waals surface area contributed by atoms with E-state index < -0.39 is 0 Å². The van der Waals surface area contributed by atoms with Crippen molar-refractivity contribution in [3.05, 3.63) is 18.2 Å². The second-order valence-electron chi connectivity index (χ2n) is 3.87. The molecular weight excluding hydrogens is 192 g/mol. The highest BCUT2D eigenvalue weighted by Gasteiger charge is 2.20. The van der Waals surface area contributed by atoms with Gasteiger partial charge in [0.15, 0.2) is 0 Å². The van der Waals surface area contributed by atoms with Crippen LogP contribution in [0.2, 0.25) is 0 Å². The van der Waals surface area contributed by atoms with E-state index in [4.69, 9.17) is 5.73 Å². The first-order valence-electron chi connectivity index (χ1n) is 4.92. The fourth-order valence-electron chi connectivity index (χ4n) is 1.47. The van der Waals surface area contributed by atoms with E-state index in [1.54, 1.807) is 31.5 Å². The number of carbonyl (C=O) groups excluding carboxylic acids is 1. The lowest BCUT2D eigenvalue weighted by atomic mass is 10.0. The molecule has 1 aromatic heterocycles. The molecule has 1 heterocycles. The maximum absolute atomic E-state index is 11.7. The Kier molecular flexibility index (Phi) is 3.85. The van der Waals surface area contributed by atoms with Crippen molar-refractivity contribution in [2.45, 2.75) is 6.42 Å². The molecule has 0 spiro atoms. The van der Waals surface area contributed by atoms with Crippen molar-refractivity contribution in [3.63, 3.8) is 0 Å². The minimum Gasteiger partial charge on any atom is -0.349 e. The number of nitrogens with zero attached hydrogens (tertiary/aromatic N) is 3. The SMILES string of the molecule is CN(C)C(=O)C(CN)Cc1cncn1C. The van der Waals surface area contributed by atoms with Gasteiger partial charge in [0.1, 0.15) is 0 Å². The Balaban J connectivity index is 2.70. The summed E-state index contributed by atoms with van der Waals surface area (Å²) in [6.45, 7) is 0.363. The number of amides is 1. The van der Waals surface area contributed by atoms with Crippen molar-refractivity contribution < 1.29 is 4.79 Å². The summed E-state index contributed by atoms with van der Waals surface area (Å²) in [6, 6.07) is 0. The van der Waals surface area contributed by atoms with Crippen molar-refractivity contribution in [3.8, 4) is 0 Å². The summed E-state index contributed by atoms with van der Waals surface area (Å²) in [5, 5.41) is 0. The molecule has 1 amide bonds. The Hall–Kier alpha value is -1.36. The summed E-state index contributed by atoms with van der Waals surface area (Å²) in [5.41, 5.74) is 6.63. The van der Waals surface area contributed by atoms with Crippen molar-refractivity contribution in [2.75, 3.05) is 20.6 Å². The average Bonchev–Trinajstić information content (AvgIpc) is 2.59. The van der Waals surface area contributed by atoms with Crippen LogP contribution in [0.4, 0.5) is 0 Å². The van der Waals surface area contributed by atoms with E-state index in [-0.39, 0.29) is 11.8 Å². The lowest BCUT2D eigenvalue weighted by Crippen LogP contribution is -2.35. The minimum atomic E-state index is -0.157. The van der Waals surface area contributed by atoms with Gasteiger partial charge in [0.25, 0.3) is 0 Å². The first kappa shape index (κ1) is 11.7. The van der Waals surface area contributed by atoms with Crippen LogP contribution in [0.1, 0.15) is 5.69 Å². The molecule has 0 fully saturated rings. The molecule has 84 valence electrons. The Labute approximate surface area is 89.9 Å². The van der Waals surface area contributed by atoms with Crippen LogP contribution in [-0.2, 0) is 18.3 Å². The number of aromatic nitrogens is 2. The number of rotatable bonds is 4. The molecule has 5 nitrogen and oxygen atoms in total. The van der Waals surface area contributed by atoms with Gasteiger partial charge < -0.3 is 15.2 Å². The molecule has 2 N–H and O–H groups in total. The van der Waals surface area contributed by atoms with Crippen molar-refractivity contribution in [1.82, 2.24) is 14.5 Å². The summed E-state index contributed by atoms with van der Waals surface area (Å²) in [4.78, 5) is 17.3. The van der Waals surface area contributed by atoms with Crippen LogP contribution in [0.3, 0.4) is 0 Å². The summed E-state index contributed by atoms with van der Waals surface area (Å²) < 4.78 is 1.91. The number of nitrogens with two attached hydrogens (primary N) is 1. The van der Waals surface area contributed by atoms with Crippen LogP contribution in [-0.4, -0.2) is 41.0 Å². The van der Waals surface area contributed by atoms with Crippen LogP contribution in [0.25, 0.3) is 0 Å². The van der Waals surface area contributed by atoms with E-state index in [1.807, 2.05) is 11.6 Å². The number of imidazole rings is 1. The van der Waals surface area contributed by atoms with E-state index in [0.29, 0.717) is 13.0 Å². The molecule has 1 unspecified atom stereocenters. The third-order valence-corrected chi connectivity index (χ3v) is 2.45. The molecular formula is C10H18N4O. The maximum atomic E-state index is 11.7. The lowest BCUT2D eigenvalue weighted by molar-refractivity contribution is -0.132. The molecule has 0 aliphatic rings. The zero-order valence-electron chi connectivity index (χ0n) is 9.47. The number of hydrogen-bond acceptors (Lipinski definition) is 3. The molecule has 15 heavy (non-hydrogen) atoms. The minimum absolute atomic E-state index is 0.0682. The second kappa shape index (κ2) is 4.93. The molecule has 0 aliphatic heterocycles. The van der Waals surface area contributed by atoms with E-state index >= 15 is 0 Å². The first-order chi connectivity index (χ1) is 7.06. The standard InChI is InChI=1S/C10H18N4O/c1-13(2)10(15)8(5-11)4-9-6-12-7-14(9)3/h6-8H,4-5,11H2,1-3H3. The third-order valence-electron chi connectivity index (χ3n) is 2.45. The Morgan fingerprint density at radius 3 is 2.73 bits per heavy atom. The van der Waals surface area contributed by atoms with Gasteiger partial charge in [-0.25, -0.2) is 4.98 Å². The number of aryl methyl sites for hydroxylation is 1. The Morgan fingerprint density at radius 2 is 2.33 bits per heavy atom. The van der Waals surface area contributed by atoms with Crippen molar-refractivity contribution in [1.29, 1.82) is 0 Å². The predicted octanol–water partition coefficient (Wildman–Crippen LogP) is -0.374. The van der Waals surface area contributed by atoms with Crippen LogP contribution in [0.15, 0.2) is 12.5 Å². The molecule has 1 aromatic rings. The molecule has 1 rings (SSSR count). The van der Waals surface area contributed by atoms with Gasteiger partial charge in [0, 0.05) is 46.0 Å². The largest absolute Gasteiger partial charge is 0.349 e. The smallest absolute Gasteiger partial charge is 0.226 e. The zero-order valence-corrected chi connectivity index (χ0v) is 9.47. The molecule has 0 radical (unpaired) electrons. The van der Waals surface area contributed by atoms with Gasteiger partial charge in [-0.15, -0.1) is 0 Å². The summed E-state index contributed by atoms with van der Waals surface area (Å²) in [6.07, 6.45) is 4.14. The number of carbonyl (C=O) groups is 1. The van der Waals surface area contributed by atoms with E-state index in [0.717, 1.165) is 5.69 Å². The highest BCUT2D eigenvalue weighted by molar-refractivity contribution is 5.78. The van der Waals surface area contributed by atoms with Gasteiger partial charge >= 0.3 is 0 Å². The Bertz CT molecular complexity index is 332. The first-order valence-corrected chi connectivity index (χ1v) is 4.92. The molecule has 0 aromatic carbocycles. The van der Waals surface area contributed by atoms with Crippen LogP contribution in [0.5, 0.6) is 0 Å². The second-order valence-corrected chi connectivity index (χ2v) is 3.87. The van der Waals surface area contributed by atoms with E-state index in [2.05, 4.69) is 4.98 Å². The Morgan fingerprint density at radius 1 is 1.67 bits per heavy atom. The monoisotopic (exact) mass is 210 g/mol. The lowest BCUT2D eigenvalue weighted by Gasteiger charge is -2.18. The molecule has 5 heteroatoms. The van der Waals surface area contributed by atoms with E-state index in [1.165, 1.54) is 0 Å². The topological polar surface area (TPSA) is 64.2 Å². The normalized spacial score (nSPS) is 12.5. The molecule has 0 aliphatic carbocycles. The highest BCUT2D eigenvalue weighted by Crippen LogP contribution is 2.08. The maximum Gasteiger partial charge on any atom is 0.226 e. The zero-order chi connectivity index (χ0) is 11.4. The van der Waals surface area contributed by atoms with Gasteiger partial charge in [0.2, 0.25) is 5.91 Å².